The Hall–Kier alpha value is -3.61. The van der Waals surface area contributed by atoms with Crippen LogP contribution in [0.3, 0.4) is 0 Å². The molecular weight excluding hydrogens is 366 g/mol. The summed E-state index contributed by atoms with van der Waals surface area (Å²) in [5.41, 5.74) is 8.83. The third-order valence-corrected chi connectivity index (χ3v) is 5.25. The van der Waals surface area contributed by atoms with Crippen molar-refractivity contribution in [3.8, 4) is 5.69 Å². The minimum absolute atomic E-state index is 0.0155. The second-order valence-corrected chi connectivity index (χ2v) is 7.11. The average Bonchev–Trinajstić information content (AvgIpc) is 2.75. The number of piperazine rings is 1. The lowest BCUT2D eigenvalue weighted by Crippen LogP contribution is -2.46. The van der Waals surface area contributed by atoms with Crippen LogP contribution in [0.15, 0.2) is 65.7 Å². The van der Waals surface area contributed by atoms with Crippen LogP contribution in [0.5, 0.6) is 0 Å². The standard InChI is InChI=1S/C22H23N5O2/c1-16-4-5-19(15-24-16)26-13-11-25(12-14-26)17-6-8-18(9-7-17)27-10-2-3-20(21(23)28)22(27)29/h2-10,15H,11-14H2,1H3,(H2,23,28). The van der Waals surface area contributed by atoms with Gasteiger partial charge >= 0.3 is 0 Å². The number of nitrogens with two attached hydrogens (primary N) is 1. The van der Waals surface area contributed by atoms with E-state index < -0.39 is 11.5 Å². The number of carbonyl (C=O) groups excluding carboxylic acids is 1. The predicted octanol–water partition coefficient (Wildman–Crippen LogP) is 1.97. The number of rotatable bonds is 4. The number of anilines is 2. The molecule has 1 aromatic carbocycles. The van der Waals surface area contributed by atoms with Gasteiger partial charge < -0.3 is 15.5 Å². The fourth-order valence-corrected chi connectivity index (χ4v) is 3.58. The van der Waals surface area contributed by atoms with E-state index in [2.05, 4.69) is 20.9 Å². The van der Waals surface area contributed by atoms with Gasteiger partial charge in [-0.3, -0.25) is 19.1 Å². The summed E-state index contributed by atoms with van der Waals surface area (Å²) in [4.78, 5) is 32.9. The van der Waals surface area contributed by atoms with Gasteiger partial charge in [-0.05, 0) is 55.5 Å². The molecule has 148 valence electrons. The second-order valence-electron chi connectivity index (χ2n) is 7.11. The molecular formula is C22H23N5O2. The largest absolute Gasteiger partial charge is 0.368 e. The smallest absolute Gasteiger partial charge is 0.267 e. The van der Waals surface area contributed by atoms with Gasteiger partial charge in [0.15, 0.2) is 0 Å². The van der Waals surface area contributed by atoms with E-state index >= 15 is 0 Å². The lowest BCUT2D eigenvalue weighted by Gasteiger charge is -2.37. The number of nitrogens with zero attached hydrogens (tertiary/aromatic N) is 4. The van der Waals surface area contributed by atoms with Crippen LogP contribution in [0.1, 0.15) is 16.1 Å². The van der Waals surface area contributed by atoms with Crippen LogP contribution in [0.2, 0.25) is 0 Å². The second kappa shape index (κ2) is 7.79. The molecule has 0 bridgehead atoms. The van der Waals surface area contributed by atoms with Crippen LogP contribution in [0.4, 0.5) is 11.4 Å². The maximum absolute atomic E-state index is 12.4. The lowest BCUT2D eigenvalue weighted by atomic mass is 10.2. The number of hydrogen-bond acceptors (Lipinski definition) is 5. The molecule has 0 aliphatic carbocycles. The van der Waals surface area contributed by atoms with Gasteiger partial charge in [-0.15, -0.1) is 0 Å². The van der Waals surface area contributed by atoms with Crippen molar-refractivity contribution in [1.82, 2.24) is 9.55 Å². The van der Waals surface area contributed by atoms with Gasteiger partial charge in [0.2, 0.25) is 0 Å². The summed E-state index contributed by atoms with van der Waals surface area (Å²) < 4.78 is 1.44. The molecule has 3 aromatic rings. The molecule has 4 rings (SSSR count). The van der Waals surface area contributed by atoms with E-state index in [-0.39, 0.29) is 5.56 Å². The van der Waals surface area contributed by atoms with Crippen molar-refractivity contribution < 1.29 is 4.79 Å². The van der Waals surface area contributed by atoms with E-state index in [9.17, 15) is 9.59 Å². The molecule has 7 nitrogen and oxygen atoms in total. The van der Waals surface area contributed by atoms with Crippen LogP contribution in [-0.4, -0.2) is 41.6 Å². The first-order valence-corrected chi connectivity index (χ1v) is 9.57. The first-order valence-electron chi connectivity index (χ1n) is 9.57. The Morgan fingerprint density at radius 3 is 2.07 bits per heavy atom. The van der Waals surface area contributed by atoms with Crippen molar-refractivity contribution in [1.29, 1.82) is 0 Å². The van der Waals surface area contributed by atoms with E-state index in [1.807, 2.05) is 43.5 Å². The van der Waals surface area contributed by atoms with Gasteiger partial charge in [-0.2, -0.15) is 0 Å². The molecule has 0 unspecified atom stereocenters. The highest BCUT2D eigenvalue weighted by atomic mass is 16.2. The Labute approximate surface area is 169 Å². The van der Waals surface area contributed by atoms with Gasteiger partial charge in [-0.25, -0.2) is 0 Å². The molecule has 1 saturated heterocycles. The maximum Gasteiger partial charge on any atom is 0.267 e. The van der Waals surface area contributed by atoms with Crippen LogP contribution in [-0.2, 0) is 0 Å². The Bertz CT molecular complexity index is 1070. The molecule has 1 aliphatic heterocycles. The molecule has 29 heavy (non-hydrogen) atoms. The Morgan fingerprint density at radius 2 is 1.48 bits per heavy atom. The molecule has 0 spiro atoms. The van der Waals surface area contributed by atoms with Crippen LogP contribution in [0, 0.1) is 6.92 Å². The van der Waals surface area contributed by atoms with E-state index in [1.165, 1.54) is 10.6 Å². The van der Waals surface area contributed by atoms with Crippen molar-refractivity contribution in [3.63, 3.8) is 0 Å². The minimum atomic E-state index is -0.720. The summed E-state index contributed by atoms with van der Waals surface area (Å²) >= 11 is 0. The summed E-state index contributed by atoms with van der Waals surface area (Å²) in [5.74, 6) is -0.720. The molecule has 2 aromatic heterocycles. The quantitative estimate of drug-likeness (QED) is 0.737. The summed E-state index contributed by atoms with van der Waals surface area (Å²) in [7, 11) is 0. The number of aryl methyl sites for hydroxylation is 1. The minimum Gasteiger partial charge on any atom is -0.368 e. The van der Waals surface area contributed by atoms with Gasteiger partial charge in [0.25, 0.3) is 11.5 Å². The van der Waals surface area contributed by atoms with Gasteiger partial charge in [-0.1, -0.05) is 0 Å². The molecule has 0 atom stereocenters. The van der Waals surface area contributed by atoms with E-state index in [4.69, 9.17) is 5.73 Å². The fraction of sp³-hybridized carbons (Fsp3) is 0.227. The molecule has 1 fully saturated rings. The Balaban J connectivity index is 1.47. The SMILES string of the molecule is Cc1ccc(N2CCN(c3ccc(-n4cccc(C(N)=O)c4=O)cc3)CC2)cn1. The van der Waals surface area contributed by atoms with Gasteiger partial charge in [0, 0.05) is 49.4 Å². The number of carbonyl (C=O) groups is 1. The summed E-state index contributed by atoms with van der Waals surface area (Å²) in [6.07, 6.45) is 3.57. The molecule has 2 N–H and O–H groups in total. The number of pyridine rings is 2. The van der Waals surface area contributed by atoms with E-state index in [0.29, 0.717) is 5.69 Å². The van der Waals surface area contributed by atoms with Crippen molar-refractivity contribution in [2.45, 2.75) is 6.92 Å². The lowest BCUT2D eigenvalue weighted by molar-refractivity contribution is 0.0998. The highest BCUT2D eigenvalue weighted by Crippen LogP contribution is 2.21. The zero-order chi connectivity index (χ0) is 20.4. The first-order chi connectivity index (χ1) is 14.0. The van der Waals surface area contributed by atoms with Crippen molar-refractivity contribution in [3.05, 3.63) is 82.5 Å². The average molecular weight is 389 g/mol. The topological polar surface area (TPSA) is 84.5 Å². The number of benzene rings is 1. The normalized spacial score (nSPS) is 14.1. The summed E-state index contributed by atoms with van der Waals surface area (Å²) in [5, 5.41) is 0. The molecule has 7 heteroatoms. The Morgan fingerprint density at radius 1 is 0.897 bits per heavy atom. The predicted molar refractivity (Wildman–Crippen MR) is 114 cm³/mol. The van der Waals surface area contributed by atoms with Crippen LogP contribution in [0.25, 0.3) is 5.69 Å². The molecule has 0 radical (unpaired) electrons. The maximum atomic E-state index is 12.4. The third kappa shape index (κ3) is 3.85. The van der Waals surface area contributed by atoms with E-state index in [1.54, 1.807) is 12.3 Å². The van der Waals surface area contributed by atoms with Gasteiger partial charge in [0.1, 0.15) is 5.56 Å². The molecule has 0 saturated carbocycles. The van der Waals surface area contributed by atoms with Crippen LogP contribution >= 0.6 is 0 Å². The van der Waals surface area contributed by atoms with Gasteiger partial charge in [0.05, 0.1) is 11.9 Å². The highest BCUT2D eigenvalue weighted by Gasteiger charge is 2.18. The fourth-order valence-electron chi connectivity index (χ4n) is 3.58. The van der Waals surface area contributed by atoms with Crippen molar-refractivity contribution in [2.75, 3.05) is 36.0 Å². The monoisotopic (exact) mass is 389 g/mol. The Kier molecular flexibility index (Phi) is 5.03. The summed E-state index contributed by atoms with van der Waals surface area (Å²) in [6, 6.07) is 15.0. The number of hydrogen-bond donors (Lipinski definition) is 1. The zero-order valence-electron chi connectivity index (χ0n) is 16.3. The van der Waals surface area contributed by atoms with Crippen LogP contribution < -0.4 is 21.1 Å². The van der Waals surface area contributed by atoms with Crippen molar-refractivity contribution >= 4 is 17.3 Å². The third-order valence-electron chi connectivity index (χ3n) is 5.25. The molecule has 3 heterocycles. The van der Waals surface area contributed by atoms with Crippen molar-refractivity contribution in [2.24, 2.45) is 5.73 Å². The zero-order valence-corrected chi connectivity index (χ0v) is 16.3. The molecule has 1 aliphatic rings. The number of primary amides is 1. The number of amides is 1. The van der Waals surface area contributed by atoms with E-state index in [0.717, 1.165) is 43.2 Å². The summed E-state index contributed by atoms with van der Waals surface area (Å²) in [6.45, 7) is 5.65. The first kappa shape index (κ1) is 18.7. The number of aromatic nitrogens is 2. The molecule has 1 amide bonds. The highest BCUT2D eigenvalue weighted by molar-refractivity contribution is 5.92.